The average Bonchev–Trinajstić information content (AvgIpc) is 4.01. The lowest BCUT2D eigenvalue weighted by Gasteiger charge is -2.42. The third kappa shape index (κ3) is 8.62. The molecule has 312 valence electrons. The van der Waals surface area contributed by atoms with Crippen molar-refractivity contribution in [3.05, 3.63) is 82.9 Å². The first kappa shape index (κ1) is 40.2. The number of pyridine rings is 2. The third-order valence-corrected chi connectivity index (χ3v) is 11.4. The summed E-state index contributed by atoms with van der Waals surface area (Å²) in [6.07, 6.45) is -3.25. The molecule has 2 amide bonds. The van der Waals surface area contributed by atoms with Crippen LogP contribution in [-0.4, -0.2) is 107 Å². The average molecular weight is 825 g/mol. The van der Waals surface area contributed by atoms with Gasteiger partial charge in [0, 0.05) is 80.8 Å². The van der Waals surface area contributed by atoms with Crippen LogP contribution >= 0.6 is 0 Å². The zero-order valence-electron chi connectivity index (χ0n) is 32.3. The van der Waals surface area contributed by atoms with E-state index >= 15 is 0 Å². The molecule has 0 bridgehead atoms. The molecule has 1 saturated carbocycles. The first-order valence-electron chi connectivity index (χ1n) is 19.3. The normalized spacial score (nSPS) is 18.8. The molecule has 0 atom stereocenters. The van der Waals surface area contributed by atoms with Crippen molar-refractivity contribution in [2.24, 2.45) is 0 Å². The molecule has 1 aliphatic carbocycles. The summed E-state index contributed by atoms with van der Waals surface area (Å²) >= 11 is 0. The van der Waals surface area contributed by atoms with Crippen molar-refractivity contribution in [1.82, 2.24) is 29.7 Å². The predicted molar refractivity (Wildman–Crippen MR) is 206 cm³/mol. The lowest BCUT2D eigenvalue weighted by Crippen LogP contribution is -2.52. The van der Waals surface area contributed by atoms with Gasteiger partial charge in [0.2, 0.25) is 17.7 Å². The largest absolute Gasteiger partial charge is 0.466 e. The number of alkyl halides is 6. The van der Waals surface area contributed by atoms with Crippen LogP contribution in [0.2, 0.25) is 0 Å². The molecule has 59 heavy (non-hydrogen) atoms. The Balaban J connectivity index is 0.994. The molecule has 0 radical (unpaired) electrons. The molecule has 4 aromatic rings. The Labute approximate surface area is 335 Å². The van der Waals surface area contributed by atoms with E-state index in [1.807, 2.05) is 0 Å². The molecule has 3 aromatic heterocycles. The highest BCUT2D eigenvalue weighted by Gasteiger charge is 2.58. The van der Waals surface area contributed by atoms with E-state index in [9.17, 15) is 35.9 Å². The highest BCUT2D eigenvalue weighted by Crippen LogP contribution is 2.53. The number of halogens is 6. The van der Waals surface area contributed by atoms with Crippen LogP contribution in [0.1, 0.15) is 58.4 Å². The number of hydrogen-bond donors (Lipinski definition) is 2. The first-order chi connectivity index (χ1) is 28.1. The number of amides is 2. The second-order valence-corrected chi connectivity index (χ2v) is 15.6. The molecule has 2 saturated heterocycles. The van der Waals surface area contributed by atoms with E-state index < -0.39 is 35.8 Å². The van der Waals surface area contributed by atoms with Gasteiger partial charge in [0.25, 0.3) is 5.91 Å². The molecule has 1 aromatic carbocycles. The number of anilines is 5. The Morgan fingerprint density at radius 3 is 2.37 bits per heavy atom. The standard InChI is InChI=1S/C40H42F6N10O3/c1-24-3-4-28(49-34(57)25-17-27(21-47-19-25)40(44,45)46)18-31(24)56-22-26-20-48-37(52-33(26)38(9-10-38)36(56)58)50-30-5-6-32(51-35(30)59-23-39(41,42)43)55-11-7-29(8-12-55)54-15-13-53(2)14-16-54/h3-6,17-21,29H,7-16,22-23H2,1-2H3,(H,49,57)(H,48,50,52). The van der Waals surface area contributed by atoms with Crippen LogP contribution in [0.5, 0.6) is 5.88 Å². The minimum atomic E-state index is -4.68. The fourth-order valence-corrected chi connectivity index (χ4v) is 8.00. The topological polar surface area (TPSA) is 132 Å². The number of rotatable bonds is 9. The molecule has 0 unspecified atom stereocenters. The summed E-state index contributed by atoms with van der Waals surface area (Å²) in [7, 11) is 2.12. The molecule has 13 nitrogen and oxygen atoms in total. The van der Waals surface area contributed by atoms with Crippen LogP contribution in [0.3, 0.4) is 0 Å². The summed E-state index contributed by atoms with van der Waals surface area (Å²) < 4.78 is 85.1. The van der Waals surface area contributed by atoms with E-state index in [2.05, 4.69) is 47.3 Å². The van der Waals surface area contributed by atoms with Gasteiger partial charge in [-0.2, -0.15) is 31.3 Å². The third-order valence-electron chi connectivity index (χ3n) is 11.4. The van der Waals surface area contributed by atoms with Gasteiger partial charge < -0.3 is 30.1 Å². The number of fused-ring (bicyclic) bond motifs is 2. The number of benzene rings is 1. The number of aryl methyl sites for hydroxylation is 1. The summed E-state index contributed by atoms with van der Waals surface area (Å²) in [6, 6.07) is 9.34. The number of hydrogen-bond acceptors (Lipinski definition) is 11. The molecular weight excluding hydrogens is 782 g/mol. The van der Waals surface area contributed by atoms with Crippen molar-refractivity contribution in [2.75, 3.05) is 73.4 Å². The van der Waals surface area contributed by atoms with Gasteiger partial charge in [-0.1, -0.05) is 6.07 Å². The maximum Gasteiger partial charge on any atom is 0.422 e. The second-order valence-electron chi connectivity index (χ2n) is 15.6. The number of aromatic nitrogens is 4. The smallest absolute Gasteiger partial charge is 0.422 e. The minimum Gasteiger partial charge on any atom is -0.466 e. The van der Waals surface area contributed by atoms with Crippen LogP contribution in [0.4, 0.5) is 55.2 Å². The molecular formula is C40H42F6N10O3. The zero-order chi connectivity index (χ0) is 41.7. The van der Waals surface area contributed by atoms with Gasteiger partial charge >= 0.3 is 12.4 Å². The Morgan fingerprint density at radius 1 is 0.932 bits per heavy atom. The van der Waals surface area contributed by atoms with Gasteiger partial charge in [-0.05, 0) is 75.5 Å². The Hall–Kier alpha value is -5.56. The van der Waals surface area contributed by atoms with Gasteiger partial charge in [-0.25, -0.2) is 9.97 Å². The zero-order valence-corrected chi connectivity index (χ0v) is 32.3. The number of nitrogens with one attached hydrogen (secondary N) is 2. The van der Waals surface area contributed by atoms with E-state index in [1.165, 1.54) is 0 Å². The van der Waals surface area contributed by atoms with Gasteiger partial charge in [0.15, 0.2) is 6.61 Å². The number of piperidine rings is 1. The van der Waals surface area contributed by atoms with Crippen molar-refractivity contribution < 1.29 is 40.7 Å². The van der Waals surface area contributed by atoms with Gasteiger partial charge in [-0.15, -0.1) is 0 Å². The Kier molecular flexibility index (Phi) is 10.6. The van der Waals surface area contributed by atoms with Crippen molar-refractivity contribution in [3.8, 4) is 5.88 Å². The van der Waals surface area contributed by atoms with E-state index in [0.717, 1.165) is 45.2 Å². The highest BCUT2D eigenvalue weighted by atomic mass is 19.4. The summed E-state index contributed by atoms with van der Waals surface area (Å²) in [5.74, 6) is -0.734. The Bertz CT molecular complexity index is 2230. The minimum absolute atomic E-state index is 0.0562. The molecule has 1 spiro atoms. The van der Waals surface area contributed by atoms with Crippen LogP contribution in [0.15, 0.2) is 55.0 Å². The molecule has 2 N–H and O–H groups in total. The van der Waals surface area contributed by atoms with E-state index in [4.69, 9.17) is 9.72 Å². The predicted octanol–water partition coefficient (Wildman–Crippen LogP) is 6.33. The molecule has 19 heteroatoms. The van der Waals surface area contributed by atoms with Gasteiger partial charge in [0.1, 0.15) is 11.5 Å². The van der Waals surface area contributed by atoms with Crippen molar-refractivity contribution >= 4 is 40.6 Å². The maximum atomic E-state index is 14.2. The summed E-state index contributed by atoms with van der Waals surface area (Å²) in [5, 5.41) is 5.59. The lowest BCUT2D eigenvalue weighted by molar-refractivity contribution is -0.154. The van der Waals surface area contributed by atoms with E-state index in [0.29, 0.717) is 72.6 Å². The maximum absolute atomic E-state index is 14.2. The van der Waals surface area contributed by atoms with Crippen LogP contribution in [0.25, 0.3) is 0 Å². The number of ether oxygens (including phenoxy) is 1. The summed E-state index contributed by atoms with van der Waals surface area (Å²) in [5.41, 5.74) is 0.407. The molecule has 8 rings (SSSR count). The van der Waals surface area contributed by atoms with Gasteiger partial charge in [-0.3, -0.25) is 19.5 Å². The fourth-order valence-electron chi connectivity index (χ4n) is 8.00. The highest BCUT2D eigenvalue weighted by molar-refractivity contribution is 6.07. The van der Waals surface area contributed by atoms with E-state index in [1.54, 1.807) is 48.4 Å². The molecule has 3 fully saturated rings. The van der Waals surface area contributed by atoms with Crippen LogP contribution in [0, 0.1) is 6.92 Å². The number of carbonyl (C=O) groups excluding carboxylic acids is 2. The SMILES string of the molecule is Cc1ccc(NC(=O)c2cncc(C(F)(F)F)c2)cc1N1Cc2cnc(Nc3ccc(N4CCC(N5CCN(C)CC5)CC4)nc3OCC(F)(F)F)nc2C2(CC2)C1=O. The molecule has 3 aliphatic heterocycles. The summed E-state index contributed by atoms with van der Waals surface area (Å²) in [4.78, 5) is 52.9. The van der Waals surface area contributed by atoms with E-state index in [-0.39, 0.29) is 41.2 Å². The second kappa shape index (κ2) is 15.6. The number of piperazine rings is 1. The van der Waals surface area contributed by atoms with Crippen LogP contribution < -0.4 is 25.2 Å². The first-order valence-corrected chi connectivity index (χ1v) is 19.3. The van der Waals surface area contributed by atoms with Crippen molar-refractivity contribution in [1.29, 1.82) is 0 Å². The fraction of sp³-hybridized carbons (Fsp3) is 0.450. The quantitative estimate of drug-likeness (QED) is 0.184. The molecule has 6 heterocycles. The van der Waals surface area contributed by atoms with Crippen molar-refractivity contribution in [3.63, 3.8) is 0 Å². The number of likely N-dealkylation sites (N-methyl/N-ethyl adjacent to an activating group) is 1. The van der Waals surface area contributed by atoms with Gasteiger partial charge in [0.05, 0.1) is 28.8 Å². The Morgan fingerprint density at radius 2 is 1.68 bits per heavy atom. The van der Waals surface area contributed by atoms with Crippen molar-refractivity contribution in [2.45, 2.75) is 63.0 Å². The molecule has 4 aliphatic rings. The number of nitrogens with zero attached hydrogens (tertiary/aromatic N) is 8. The number of carbonyl (C=O) groups is 2. The van der Waals surface area contributed by atoms with Crippen LogP contribution in [-0.2, 0) is 22.9 Å². The lowest BCUT2D eigenvalue weighted by atomic mass is 9.91. The summed E-state index contributed by atoms with van der Waals surface area (Å²) in [6.45, 7) is 5.79. The monoisotopic (exact) mass is 824 g/mol.